The molecule has 1 saturated carbocycles. The zero-order chi connectivity index (χ0) is 15.4. The summed E-state index contributed by atoms with van der Waals surface area (Å²) in [5.74, 6) is -0.116. The molecule has 0 heterocycles. The number of hydrogen-bond donors (Lipinski definition) is 2. The average Bonchev–Trinajstić information content (AvgIpc) is 2.49. The van der Waals surface area contributed by atoms with Crippen LogP contribution in [0.2, 0.25) is 0 Å². The Bertz CT molecular complexity index is 539. The molecule has 1 amide bonds. The number of rotatable bonds is 4. The van der Waals surface area contributed by atoms with Crippen LogP contribution < -0.4 is 11.1 Å². The molecule has 21 heavy (non-hydrogen) atoms. The first-order valence-electron chi connectivity index (χ1n) is 7.56. The minimum Gasteiger partial charge on any atom is -0.399 e. The number of carbonyl (C=O) groups is 1. The summed E-state index contributed by atoms with van der Waals surface area (Å²) in [7, 11) is -1.35. The second-order valence-electron chi connectivity index (χ2n) is 5.80. The van der Waals surface area contributed by atoms with Crippen LogP contribution in [0.5, 0.6) is 0 Å². The molecule has 0 radical (unpaired) electrons. The van der Waals surface area contributed by atoms with Crippen molar-refractivity contribution in [2.24, 2.45) is 0 Å². The highest BCUT2D eigenvalue weighted by Crippen LogP contribution is 2.20. The van der Waals surface area contributed by atoms with Crippen molar-refractivity contribution in [3.05, 3.63) is 23.8 Å². The van der Waals surface area contributed by atoms with Gasteiger partial charge in [-0.2, -0.15) is 0 Å². The van der Waals surface area contributed by atoms with E-state index in [0.717, 1.165) is 18.4 Å². The SMILES string of the molecule is Cc1cc(S(=O)C(C)C(=O)NC2CCCCC2)ccc1N. The summed E-state index contributed by atoms with van der Waals surface area (Å²) in [6.07, 6.45) is 5.65. The van der Waals surface area contributed by atoms with E-state index in [1.807, 2.05) is 6.92 Å². The molecule has 2 atom stereocenters. The predicted octanol–water partition coefficient (Wildman–Crippen LogP) is 2.52. The molecule has 3 N–H and O–H groups in total. The fourth-order valence-corrected chi connectivity index (χ4v) is 3.81. The molecule has 1 aliphatic carbocycles. The minimum absolute atomic E-state index is 0.116. The zero-order valence-corrected chi connectivity index (χ0v) is 13.5. The van der Waals surface area contributed by atoms with Gasteiger partial charge in [0.2, 0.25) is 5.91 Å². The highest BCUT2D eigenvalue weighted by Gasteiger charge is 2.24. The molecule has 1 aromatic rings. The molecular formula is C16H24N2O2S. The van der Waals surface area contributed by atoms with Gasteiger partial charge in [-0.05, 0) is 50.5 Å². The number of nitrogen functional groups attached to an aromatic ring is 1. The van der Waals surface area contributed by atoms with Crippen molar-refractivity contribution in [3.8, 4) is 0 Å². The summed E-state index contributed by atoms with van der Waals surface area (Å²) >= 11 is 0. The quantitative estimate of drug-likeness (QED) is 0.840. The number of carbonyl (C=O) groups excluding carboxylic acids is 1. The fourth-order valence-electron chi connectivity index (χ4n) is 2.64. The van der Waals surface area contributed by atoms with E-state index in [1.165, 1.54) is 19.3 Å². The molecule has 1 aromatic carbocycles. The molecule has 2 rings (SSSR count). The molecular weight excluding hydrogens is 284 g/mol. The maximum atomic E-state index is 12.5. The average molecular weight is 308 g/mol. The number of nitrogens with one attached hydrogen (secondary N) is 1. The van der Waals surface area contributed by atoms with Gasteiger partial charge in [-0.25, -0.2) is 0 Å². The monoisotopic (exact) mass is 308 g/mol. The lowest BCUT2D eigenvalue weighted by Crippen LogP contribution is -2.42. The largest absolute Gasteiger partial charge is 0.399 e. The molecule has 0 spiro atoms. The van der Waals surface area contributed by atoms with Gasteiger partial charge < -0.3 is 11.1 Å². The second-order valence-corrected chi connectivity index (χ2v) is 7.57. The van der Waals surface area contributed by atoms with Gasteiger partial charge in [0.15, 0.2) is 0 Å². The fraction of sp³-hybridized carbons (Fsp3) is 0.562. The first kappa shape index (κ1) is 16.0. The lowest BCUT2D eigenvalue weighted by molar-refractivity contribution is -0.121. The van der Waals surface area contributed by atoms with Gasteiger partial charge in [0.1, 0.15) is 5.25 Å². The number of benzene rings is 1. The smallest absolute Gasteiger partial charge is 0.236 e. The molecule has 0 aliphatic heterocycles. The van der Waals surface area contributed by atoms with Crippen molar-refractivity contribution in [1.82, 2.24) is 5.32 Å². The zero-order valence-electron chi connectivity index (χ0n) is 12.7. The van der Waals surface area contributed by atoms with Crippen molar-refractivity contribution < 1.29 is 9.00 Å². The van der Waals surface area contributed by atoms with Crippen LogP contribution >= 0.6 is 0 Å². The van der Waals surface area contributed by atoms with E-state index < -0.39 is 16.0 Å². The summed E-state index contributed by atoms with van der Waals surface area (Å²) in [5.41, 5.74) is 7.34. The van der Waals surface area contributed by atoms with Crippen LogP contribution in [0.25, 0.3) is 0 Å². The van der Waals surface area contributed by atoms with Crippen LogP contribution in [-0.4, -0.2) is 21.4 Å². The summed E-state index contributed by atoms with van der Waals surface area (Å²) < 4.78 is 12.5. The second kappa shape index (κ2) is 7.07. The van der Waals surface area contributed by atoms with E-state index in [1.54, 1.807) is 25.1 Å². The summed E-state index contributed by atoms with van der Waals surface area (Å²) in [6, 6.07) is 5.53. The van der Waals surface area contributed by atoms with Gasteiger partial charge in [0.05, 0.1) is 10.8 Å². The maximum Gasteiger partial charge on any atom is 0.236 e. The van der Waals surface area contributed by atoms with E-state index in [2.05, 4.69) is 5.32 Å². The Balaban J connectivity index is 2.00. The lowest BCUT2D eigenvalue weighted by atomic mass is 9.95. The Kier molecular flexibility index (Phi) is 5.39. The van der Waals surface area contributed by atoms with Crippen LogP contribution in [0, 0.1) is 6.92 Å². The Labute approximate surface area is 129 Å². The third-order valence-electron chi connectivity index (χ3n) is 4.12. The minimum atomic E-state index is -1.35. The highest BCUT2D eigenvalue weighted by molar-refractivity contribution is 7.86. The van der Waals surface area contributed by atoms with Crippen LogP contribution in [-0.2, 0) is 15.6 Å². The number of amides is 1. The van der Waals surface area contributed by atoms with Crippen molar-refractivity contribution in [2.75, 3.05) is 5.73 Å². The molecule has 0 saturated heterocycles. The van der Waals surface area contributed by atoms with Gasteiger partial charge in [0, 0.05) is 16.6 Å². The van der Waals surface area contributed by atoms with E-state index >= 15 is 0 Å². The highest BCUT2D eigenvalue weighted by atomic mass is 32.2. The van der Waals surface area contributed by atoms with Crippen molar-refractivity contribution in [2.45, 2.75) is 62.1 Å². The molecule has 0 bridgehead atoms. The lowest BCUT2D eigenvalue weighted by Gasteiger charge is -2.24. The van der Waals surface area contributed by atoms with Crippen molar-refractivity contribution in [1.29, 1.82) is 0 Å². The number of anilines is 1. The van der Waals surface area contributed by atoms with Gasteiger partial charge in [-0.1, -0.05) is 19.3 Å². The van der Waals surface area contributed by atoms with Crippen LogP contribution in [0.1, 0.15) is 44.6 Å². The Morgan fingerprint density at radius 1 is 1.33 bits per heavy atom. The maximum absolute atomic E-state index is 12.5. The van der Waals surface area contributed by atoms with Crippen LogP contribution in [0.3, 0.4) is 0 Å². The van der Waals surface area contributed by atoms with E-state index in [0.29, 0.717) is 10.6 Å². The number of hydrogen-bond acceptors (Lipinski definition) is 3. The standard InChI is InChI=1S/C16H24N2O2S/c1-11-10-14(8-9-15(11)17)21(20)12(2)16(19)18-13-6-4-3-5-7-13/h8-10,12-13H,3-7,17H2,1-2H3,(H,18,19). The normalized spacial score (nSPS) is 19.0. The summed E-state index contributed by atoms with van der Waals surface area (Å²) in [6.45, 7) is 3.60. The van der Waals surface area contributed by atoms with E-state index in [9.17, 15) is 9.00 Å². The first-order valence-corrected chi connectivity index (χ1v) is 8.77. The van der Waals surface area contributed by atoms with E-state index in [-0.39, 0.29) is 11.9 Å². The number of nitrogens with two attached hydrogens (primary N) is 1. The van der Waals surface area contributed by atoms with E-state index in [4.69, 9.17) is 5.73 Å². The first-order chi connectivity index (χ1) is 9.99. The Morgan fingerprint density at radius 3 is 2.62 bits per heavy atom. The van der Waals surface area contributed by atoms with Gasteiger partial charge in [-0.3, -0.25) is 9.00 Å². The Hall–Kier alpha value is -1.36. The molecule has 1 fully saturated rings. The van der Waals surface area contributed by atoms with Crippen molar-refractivity contribution in [3.63, 3.8) is 0 Å². The van der Waals surface area contributed by atoms with Crippen LogP contribution in [0.15, 0.2) is 23.1 Å². The number of aryl methyl sites for hydroxylation is 1. The molecule has 4 nitrogen and oxygen atoms in total. The molecule has 116 valence electrons. The van der Waals surface area contributed by atoms with Gasteiger partial charge in [-0.15, -0.1) is 0 Å². The summed E-state index contributed by atoms with van der Waals surface area (Å²) in [5, 5.41) is 2.49. The van der Waals surface area contributed by atoms with Crippen LogP contribution in [0.4, 0.5) is 5.69 Å². The molecule has 1 aliphatic rings. The third kappa shape index (κ3) is 4.06. The van der Waals surface area contributed by atoms with Gasteiger partial charge >= 0.3 is 0 Å². The predicted molar refractivity (Wildman–Crippen MR) is 86.5 cm³/mol. The van der Waals surface area contributed by atoms with Crippen molar-refractivity contribution >= 4 is 22.4 Å². The summed E-state index contributed by atoms with van der Waals surface area (Å²) in [4.78, 5) is 12.9. The van der Waals surface area contributed by atoms with Gasteiger partial charge in [0.25, 0.3) is 0 Å². The molecule has 0 aromatic heterocycles. The molecule has 2 unspecified atom stereocenters. The topological polar surface area (TPSA) is 72.2 Å². The molecule has 5 heteroatoms. The Morgan fingerprint density at radius 2 is 2.00 bits per heavy atom. The third-order valence-corrected chi connectivity index (χ3v) is 5.69.